The summed E-state index contributed by atoms with van der Waals surface area (Å²) in [5.74, 6) is 0. The molecule has 3 aromatic carbocycles. The summed E-state index contributed by atoms with van der Waals surface area (Å²) >= 11 is 0. The Labute approximate surface area is 292 Å². The molecule has 1 saturated heterocycles. The van der Waals surface area contributed by atoms with Gasteiger partial charge in [0.05, 0.1) is 22.8 Å². The fourth-order valence-corrected chi connectivity index (χ4v) is 8.00. The molecule has 6 aromatic rings. The van der Waals surface area contributed by atoms with Gasteiger partial charge >= 0.3 is 0 Å². The van der Waals surface area contributed by atoms with E-state index in [1.54, 1.807) is 0 Å². The van der Waals surface area contributed by atoms with Crippen molar-refractivity contribution in [1.29, 1.82) is 0 Å². The lowest BCUT2D eigenvalue weighted by molar-refractivity contribution is 0.158. The topological polar surface area (TPSA) is 60.6 Å². The SMILES string of the molecule is CCN1CCCCC1c1c2nc(c(-c3ccccc3)c3ccc([nH]3)c(-c3ccccc3)c3nc(c(-c4ccccc4)c4ccc1[nH]4)C=C3)C=C2. The van der Waals surface area contributed by atoms with Crippen LogP contribution in [0.1, 0.15) is 60.6 Å². The van der Waals surface area contributed by atoms with Crippen molar-refractivity contribution >= 4 is 46.4 Å². The number of likely N-dealkylation sites (tertiary alicyclic amines) is 1. The highest BCUT2D eigenvalue weighted by Gasteiger charge is 2.27. The highest BCUT2D eigenvalue weighted by Crippen LogP contribution is 2.40. The number of H-pyrrole nitrogens is 2. The lowest BCUT2D eigenvalue weighted by Crippen LogP contribution is -2.33. The smallest absolute Gasteiger partial charge is 0.0737 e. The molecule has 0 radical (unpaired) electrons. The van der Waals surface area contributed by atoms with Crippen LogP contribution in [0, 0.1) is 0 Å². The van der Waals surface area contributed by atoms with Gasteiger partial charge in [0.25, 0.3) is 0 Å². The highest BCUT2D eigenvalue weighted by atomic mass is 15.2. The third-order valence-electron chi connectivity index (χ3n) is 10.3. The molecule has 8 bridgehead atoms. The maximum absolute atomic E-state index is 5.49. The molecule has 5 nitrogen and oxygen atoms in total. The van der Waals surface area contributed by atoms with Crippen molar-refractivity contribution in [2.75, 3.05) is 13.1 Å². The van der Waals surface area contributed by atoms with Crippen LogP contribution in [0.2, 0.25) is 0 Å². The summed E-state index contributed by atoms with van der Waals surface area (Å²) in [7, 11) is 0. The van der Waals surface area contributed by atoms with Gasteiger partial charge in [0.2, 0.25) is 0 Å². The molecule has 0 amide bonds. The monoisotopic (exact) mass is 649 g/mol. The minimum atomic E-state index is 0.269. The number of nitrogens with zero attached hydrogens (tertiary/aromatic N) is 3. The zero-order chi connectivity index (χ0) is 33.4. The molecule has 2 N–H and O–H groups in total. The third kappa shape index (κ3) is 5.40. The van der Waals surface area contributed by atoms with Crippen LogP contribution in [0.3, 0.4) is 0 Å². The van der Waals surface area contributed by atoms with Gasteiger partial charge in [-0.15, -0.1) is 0 Å². The fourth-order valence-electron chi connectivity index (χ4n) is 8.00. The first-order valence-electron chi connectivity index (χ1n) is 17.8. The summed E-state index contributed by atoms with van der Waals surface area (Å²) in [5.41, 5.74) is 15.9. The van der Waals surface area contributed by atoms with E-state index < -0.39 is 0 Å². The average Bonchev–Trinajstić information content (AvgIpc) is 4.01. The quantitative estimate of drug-likeness (QED) is 0.195. The predicted octanol–water partition coefficient (Wildman–Crippen LogP) is 11.2. The van der Waals surface area contributed by atoms with Crippen molar-refractivity contribution in [3.05, 3.63) is 144 Å². The summed E-state index contributed by atoms with van der Waals surface area (Å²) in [6.45, 7) is 4.38. The molecule has 3 aliphatic heterocycles. The summed E-state index contributed by atoms with van der Waals surface area (Å²) in [6, 6.07) is 41.0. The van der Waals surface area contributed by atoms with Gasteiger partial charge in [0, 0.05) is 50.4 Å². The zero-order valence-electron chi connectivity index (χ0n) is 28.2. The van der Waals surface area contributed by atoms with Crippen molar-refractivity contribution in [3.63, 3.8) is 0 Å². The first kappa shape index (κ1) is 30.3. The summed E-state index contributed by atoms with van der Waals surface area (Å²) in [4.78, 5) is 21.3. The minimum Gasteiger partial charge on any atom is -0.355 e. The van der Waals surface area contributed by atoms with Crippen molar-refractivity contribution in [2.24, 2.45) is 0 Å². The van der Waals surface area contributed by atoms with Crippen LogP contribution >= 0.6 is 0 Å². The van der Waals surface area contributed by atoms with E-state index >= 15 is 0 Å². The molecule has 1 atom stereocenters. The van der Waals surface area contributed by atoms with E-state index in [1.807, 2.05) is 0 Å². The third-order valence-corrected chi connectivity index (χ3v) is 10.3. The predicted molar refractivity (Wildman–Crippen MR) is 209 cm³/mol. The molecule has 3 aromatic heterocycles. The van der Waals surface area contributed by atoms with Crippen molar-refractivity contribution in [2.45, 2.75) is 32.2 Å². The minimum absolute atomic E-state index is 0.269. The Hall–Kier alpha value is -5.78. The lowest BCUT2D eigenvalue weighted by atomic mass is 9.94. The van der Waals surface area contributed by atoms with Gasteiger partial charge in [-0.1, -0.05) is 104 Å². The van der Waals surface area contributed by atoms with E-state index in [4.69, 9.17) is 9.97 Å². The molecule has 244 valence electrons. The Balaban J connectivity index is 1.46. The van der Waals surface area contributed by atoms with Crippen LogP contribution in [0.4, 0.5) is 0 Å². The van der Waals surface area contributed by atoms with Crippen LogP contribution in [0.5, 0.6) is 0 Å². The zero-order valence-corrected chi connectivity index (χ0v) is 28.2. The molecule has 1 fully saturated rings. The Bertz CT molecular complexity index is 2380. The van der Waals surface area contributed by atoms with Gasteiger partial charge in [-0.05, 0) is 91.2 Å². The van der Waals surface area contributed by atoms with Crippen molar-refractivity contribution < 1.29 is 0 Å². The van der Waals surface area contributed by atoms with E-state index in [2.05, 4.69) is 161 Å². The lowest BCUT2D eigenvalue weighted by Gasteiger charge is -2.35. The first-order chi connectivity index (χ1) is 24.7. The number of nitrogens with one attached hydrogen (secondary N) is 2. The Morgan fingerprint density at radius 2 is 0.940 bits per heavy atom. The number of hydrogen-bond acceptors (Lipinski definition) is 3. The number of piperidine rings is 1. The van der Waals surface area contributed by atoms with Crippen LogP contribution in [-0.4, -0.2) is 37.9 Å². The van der Waals surface area contributed by atoms with Crippen LogP contribution < -0.4 is 0 Å². The number of rotatable bonds is 5. The van der Waals surface area contributed by atoms with Crippen LogP contribution in [-0.2, 0) is 0 Å². The highest BCUT2D eigenvalue weighted by molar-refractivity contribution is 5.97. The molecule has 1 unspecified atom stereocenters. The molecule has 0 aliphatic carbocycles. The molecule has 6 heterocycles. The molecule has 0 saturated carbocycles. The van der Waals surface area contributed by atoms with E-state index in [9.17, 15) is 0 Å². The molecule has 50 heavy (non-hydrogen) atoms. The van der Waals surface area contributed by atoms with Crippen molar-refractivity contribution in [3.8, 4) is 33.4 Å². The van der Waals surface area contributed by atoms with Gasteiger partial charge in [0.15, 0.2) is 0 Å². The largest absolute Gasteiger partial charge is 0.355 e. The van der Waals surface area contributed by atoms with Crippen molar-refractivity contribution in [1.82, 2.24) is 24.8 Å². The molecule has 3 aliphatic rings. The van der Waals surface area contributed by atoms with Gasteiger partial charge < -0.3 is 9.97 Å². The Morgan fingerprint density at radius 3 is 1.42 bits per heavy atom. The molecular formula is C45H39N5. The van der Waals surface area contributed by atoms with Gasteiger partial charge in [0.1, 0.15) is 0 Å². The number of hydrogen-bond donors (Lipinski definition) is 2. The summed E-state index contributed by atoms with van der Waals surface area (Å²) in [6.07, 6.45) is 12.3. The van der Waals surface area contributed by atoms with E-state index in [1.165, 1.54) is 18.4 Å². The number of benzene rings is 3. The van der Waals surface area contributed by atoms with E-state index in [0.29, 0.717) is 0 Å². The van der Waals surface area contributed by atoms with E-state index in [-0.39, 0.29) is 6.04 Å². The van der Waals surface area contributed by atoms with E-state index in [0.717, 1.165) is 97.7 Å². The molecule has 5 heteroatoms. The fraction of sp³-hybridized carbons (Fsp3) is 0.156. The second-order valence-corrected chi connectivity index (χ2v) is 13.3. The molecular weight excluding hydrogens is 611 g/mol. The second kappa shape index (κ2) is 12.9. The maximum atomic E-state index is 5.49. The Kier molecular flexibility index (Phi) is 7.83. The number of fused-ring (bicyclic) bond motifs is 8. The van der Waals surface area contributed by atoms with Gasteiger partial charge in [-0.3, -0.25) is 4.90 Å². The van der Waals surface area contributed by atoms with Crippen LogP contribution in [0.15, 0.2) is 115 Å². The average molecular weight is 650 g/mol. The van der Waals surface area contributed by atoms with Gasteiger partial charge in [-0.25, -0.2) is 9.97 Å². The second-order valence-electron chi connectivity index (χ2n) is 13.3. The summed E-state index contributed by atoms with van der Waals surface area (Å²) in [5, 5.41) is 0. The summed E-state index contributed by atoms with van der Waals surface area (Å²) < 4.78 is 0. The van der Waals surface area contributed by atoms with Gasteiger partial charge in [-0.2, -0.15) is 0 Å². The Morgan fingerprint density at radius 1 is 0.520 bits per heavy atom. The molecule has 9 rings (SSSR count). The number of aromatic nitrogens is 4. The van der Waals surface area contributed by atoms with Crippen LogP contribution in [0.25, 0.3) is 79.8 Å². The molecule has 0 spiro atoms. The number of aromatic amines is 2. The normalized spacial score (nSPS) is 15.8. The maximum Gasteiger partial charge on any atom is 0.0737 e. The first-order valence-corrected chi connectivity index (χ1v) is 17.8. The standard InChI is InChI=1S/C45H39N5/c1-2-50-29-13-12-20-41(50)45-39-27-25-37(48-39)43(31-16-8-4-9-17-31)35-23-21-33(46-35)42(30-14-6-3-7-15-30)34-22-24-36(47-34)44(32-18-10-5-11-19-32)38-26-28-40(45)49-38/h3-11,14-19,21-28,41,46,49H,2,12-13,20,29H2,1H3.